The van der Waals surface area contributed by atoms with E-state index in [0.717, 1.165) is 25.0 Å². The summed E-state index contributed by atoms with van der Waals surface area (Å²) in [6.07, 6.45) is 2.96. The van der Waals surface area contributed by atoms with Crippen molar-refractivity contribution in [2.24, 2.45) is 5.73 Å². The lowest BCUT2D eigenvalue weighted by atomic mass is 9.73. The van der Waals surface area contributed by atoms with E-state index in [4.69, 9.17) is 10.5 Å². The number of hydrogen-bond donors (Lipinski definition) is 1. The maximum atomic E-state index is 6.75. The molecule has 1 atom stereocenters. The summed E-state index contributed by atoms with van der Waals surface area (Å²) in [6.45, 7) is 2.12. The lowest BCUT2D eigenvalue weighted by Crippen LogP contribution is -2.42. The second-order valence-corrected chi connectivity index (χ2v) is 5.78. The fourth-order valence-corrected chi connectivity index (χ4v) is 3.31. The highest BCUT2D eigenvalue weighted by atomic mass is 16.5. The normalized spacial score (nSPS) is 21.4. The third-order valence-corrected chi connectivity index (χ3v) is 4.43. The first-order valence-electron chi connectivity index (χ1n) is 7.13. The van der Waals surface area contributed by atoms with E-state index in [1.54, 1.807) is 7.11 Å². The van der Waals surface area contributed by atoms with Crippen molar-refractivity contribution in [3.05, 3.63) is 64.7 Å². The van der Waals surface area contributed by atoms with Crippen LogP contribution in [0.2, 0.25) is 0 Å². The molecule has 2 aromatic carbocycles. The zero-order valence-electron chi connectivity index (χ0n) is 12.1. The monoisotopic (exact) mass is 267 g/mol. The number of methoxy groups -OCH3 is 1. The van der Waals surface area contributed by atoms with Gasteiger partial charge < -0.3 is 10.5 Å². The summed E-state index contributed by atoms with van der Waals surface area (Å²) in [6, 6.07) is 14.8. The zero-order valence-corrected chi connectivity index (χ0v) is 12.1. The van der Waals surface area contributed by atoms with Gasteiger partial charge in [0.15, 0.2) is 0 Å². The SMILES string of the molecule is COc1ccc(C2(N)CCc3ccccc3C2)c(C)c1. The van der Waals surface area contributed by atoms with E-state index < -0.39 is 0 Å². The van der Waals surface area contributed by atoms with Gasteiger partial charge in [0.2, 0.25) is 0 Å². The average molecular weight is 267 g/mol. The minimum Gasteiger partial charge on any atom is -0.497 e. The van der Waals surface area contributed by atoms with Crippen LogP contribution >= 0.6 is 0 Å². The van der Waals surface area contributed by atoms with E-state index in [-0.39, 0.29) is 5.54 Å². The van der Waals surface area contributed by atoms with Crippen LogP contribution in [0.5, 0.6) is 5.75 Å². The van der Waals surface area contributed by atoms with Gasteiger partial charge in [-0.2, -0.15) is 0 Å². The van der Waals surface area contributed by atoms with Gasteiger partial charge in [-0.15, -0.1) is 0 Å². The van der Waals surface area contributed by atoms with Crippen molar-refractivity contribution in [2.75, 3.05) is 7.11 Å². The molecule has 0 bridgehead atoms. The van der Waals surface area contributed by atoms with Crippen molar-refractivity contribution in [1.29, 1.82) is 0 Å². The van der Waals surface area contributed by atoms with Crippen molar-refractivity contribution in [2.45, 2.75) is 31.7 Å². The molecule has 1 aliphatic rings. The average Bonchev–Trinajstić information content (AvgIpc) is 2.46. The first-order valence-corrected chi connectivity index (χ1v) is 7.13. The van der Waals surface area contributed by atoms with Crippen LogP contribution in [-0.2, 0) is 18.4 Å². The van der Waals surface area contributed by atoms with Gasteiger partial charge in [0.1, 0.15) is 5.75 Å². The molecule has 3 rings (SSSR count). The molecule has 2 aromatic rings. The molecule has 0 amide bonds. The lowest BCUT2D eigenvalue weighted by molar-refractivity contribution is 0.381. The third-order valence-electron chi connectivity index (χ3n) is 4.43. The second-order valence-electron chi connectivity index (χ2n) is 5.78. The summed E-state index contributed by atoms with van der Waals surface area (Å²) in [7, 11) is 1.70. The Hall–Kier alpha value is -1.80. The Morgan fingerprint density at radius 1 is 1.10 bits per heavy atom. The predicted molar refractivity (Wildman–Crippen MR) is 82.1 cm³/mol. The van der Waals surface area contributed by atoms with Crippen molar-refractivity contribution in [3.63, 3.8) is 0 Å². The molecule has 2 heteroatoms. The van der Waals surface area contributed by atoms with Gasteiger partial charge in [-0.1, -0.05) is 30.3 Å². The highest BCUT2D eigenvalue weighted by Crippen LogP contribution is 2.36. The molecule has 0 aliphatic heterocycles. The van der Waals surface area contributed by atoms with Crippen LogP contribution in [0.3, 0.4) is 0 Å². The largest absolute Gasteiger partial charge is 0.497 e. The topological polar surface area (TPSA) is 35.2 Å². The minimum atomic E-state index is -0.259. The molecule has 0 saturated carbocycles. The number of rotatable bonds is 2. The third kappa shape index (κ3) is 2.20. The van der Waals surface area contributed by atoms with Gasteiger partial charge in [0.05, 0.1) is 7.11 Å². The van der Waals surface area contributed by atoms with Gasteiger partial charge in [-0.05, 0) is 60.6 Å². The molecule has 2 N–H and O–H groups in total. The molecule has 20 heavy (non-hydrogen) atoms. The number of benzene rings is 2. The number of ether oxygens (including phenoxy) is 1. The van der Waals surface area contributed by atoms with Gasteiger partial charge in [-0.25, -0.2) is 0 Å². The Kier molecular flexibility index (Phi) is 3.27. The first kappa shape index (κ1) is 13.2. The smallest absolute Gasteiger partial charge is 0.119 e. The van der Waals surface area contributed by atoms with E-state index in [2.05, 4.69) is 43.3 Å². The molecule has 2 nitrogen and oxygen atoms in total. The fraction of sp³-hybridized carbons (Fsp3) is 0.333. The minimum absolute atomic E-state index is 0.259. The highest BCUT2D eigenvalue weighted by Gasteiger charge is 2.33. The van der Waals surface area contributed by atoms with Crippen LogP contribution in [0.15, 0.2) is 42.5 Å². The Morgan fingerprint density at radius 3 is 2.55 bits per heavy atom. The summed E-state index contributed by atoms with van der Waals surface area (Å²) in [5.74, 6) is 0.894. The van der Waals surface area contributed by atoms with E-state index in [9.17, 15) is 0 Å². The summed E-state index contributed by atoms with van der Waals surface area (Å²) >= 11 is 0. The molecule has 1 unspecified atom stereocenters. The molecule has 0 aromatic heterocycles. The Balaban J connectivity index is 1.98. The van der Waals surface area contributed by atoms with Crippen LogP contribution in [-0.4, -0.2) is 7.11 Å². The van der Waals surface area contributed by atoms with E-state index >= 15 is 0 Å². The molecular weight excluding hydrogens is 246 g/mol. The Labute approximate surface area is 120 Å². The molecule has 0 fully saturated rings. The quantitative estimate of drug-likeness (QED) is 0.905. The van der Waals surface area contributed by atoms with E-state index in [1.165, 1.54) is 22.3 Å². The first-order chi connectivity index (χ1) is 9.62. The number of aryl methyl sites for hydroxylation is 2. The van der Waals surface area contributed by atoms with Crippen molar-refractivity contribution >= 4 is 0 Å². The Bertz CT molecular complexity index is 635. The van der Waals surface area contributed by atoms with Crippen LogP contribution in [0.1, 0.15) is 28.7 Å². The molecule has 1 aliphatic carbocycles. The van der Waals surface area contributed by atoms with Crippen LogP contribution in [0.25, 0.3) is 0 Å². The number of fused-ring (bicyclic) bond motifs is 1. The predicted octanol–water partition coefficient (Wildman–Crippen LogP) is 3.35. The highest BCUT2D eigenvalue weighted by molar-refractivity contribution is 5.42. The second kappa shape index (κ2) is 4.95. The number of nitrogens with two attached hydrogens (primary N) is 1. The van der Waals surface area contributed by atoms with Crippen molar-refractivity contribution < 1.29 is 4.74 Å². The lowest BCUT2D eigenvalue weighted by Gasteiger charge is -2.36. The van der Waals surface area contributed by atoms with Gasteiger partial charge in [0, 0.05) is 5.54 Å². The van der Waals surface area contributed by atoms with Gasteiger partial charge in [0.25, 0.3) is 0 Å². The van der Waals surface area contributed by atoms with Crippen LogP contribution in [0.4, 0.5) is 0 Å². The Morgan fingerprint density at radius 2 is 1.85 bits per heavy atom. The summed E-state index contributed by atoms with van der Waals surface area (Å²) in [4.78, 5) is 0. The van der Waals surface area contributed by atoms with Crippen LogP contribution < -0.4 is 10.5 Å². The summed E-state index contributed by atoms with van der Waals surface area (Å²) < 4.78 is 5.29. The molecule has 0 radical (unpaired) electrons. The van der Waals surface area contributed by atoms with Crippen molar-refractivity contribution in [3.8, 4) is 5.75 Å². The standard InChI is InChI=1S/C18H21NO/c1-13-11-16(20-2)7-8-17(13)18(19)10-9-14-5-3-4-6-15(14)12-18/h3-8,11H,9-10,12,19H2,1-2H3. The van der Waals surface area contributed by atoms with E-state index in [1.807, 2.05) is 6.07 Å². The molecule has 0 heterocycles. The van der Waals surface area contributed by atoms with Crippen LogP contribution in [0, 0.1) is 6.92 Å². The molecule has 0 saturated heterocycles. The maximum Gasteiger partial charge on any atom is 0.119 e. The summed E-state index contributed by atoms with van der Waals surface area (Å²) in [5, 5.41) is 0. The van der Waals surface area contributed by atoms with Crippen molar-refractivity contribution in [1.82, 2.24) is 0 Å². The van der Waals surface area contributed by atoms with Gasteiger partial charge in [-0.3, -0.25) is 0 Å². The number of hydrogen-bond acceptors (Lipinski definition) is 2. The zero-order chi connectivity index (χ0) is 14.2. The molecule has 0 spiro atoms. The maximum absolute atomic E-state index is 6.75. The summed E-state index contributed by atoms with van der Waals surface area (Å²) in [5.41, 5.74) is 11.8. The van der Waals surface area contributed by atoms with E-state index in [0.29, 0.717) is 0 Å². The molecule has 104 valence electrons. The molecular formula is C18H21NO. The van der Waals surface area contributed by atoms with Gasteiger partial charge >= 0.3 is 0 Å². The fourth-order valence-electron chi connectivity index (χ4n) is 3.31.